The maximum Gasteiger partial charge on any atom is 0.330 e. The lowest BCUT2D eigenvalue weighted by Gasteiger charge is -2.08. The molecule has 0 radical (unpaired) electrons. The molecule has 0 atom stereocenters. The Hall–Kier alpha value is -3.54. The second kappa shape index (κ2) is 19.7. The van der Waals surface area contributed by atoms with Gasteiger partial charge in [0.1, 0.15) is 11.5 Å². The van der Waals surface area contributed by atoms with Gasteiger partial charge in [-0.05, 0) is 80.7 Å². The van der Waals surface area contributed by atoms with Crippen LogP contribution in [-0.2, 0) is 23.8 Å². The molecule has 6 nitrogen and oxygen atoms in total. The summed E-state index contributed by atoms with van der Waals surface area (Å²) in [5, 5.41) is 0. The molecule has 0 aliphatic rings. The molecular weight excluding hydrogens is 456 g/mol. The predicted octanol–water partition coefficient (Wildman–Crippen LogP) is 6.74. The minimum Gasteiger partial charge on any atom is -0.494 e. The van der Waals surface area contributed by atoms with E-state index in [9.17, 15) is 9.59 Å². The van der Waals surface area contributed by atoms with Crippen molar-refractivity contribution in [3.63, 3.8) is 0 Å². The van der Waals surface area contributed by atoms with E-state index in [2.05, 4.69) is 26.3 Å². The SMILES string of the molecule is C=CC(=O)OCCCCCCOC(=C)/C=C\C(=C)c1ccc(OCCCCCCOC(=O)C=C)cc1. The number of esters is 2. The van der Waals surface area contributed by atoms with Gasteiger partial charge in [-0.2, -0.15) is 0 Å². The van der Waals surface area contributed by atoms with Crippen LogP contribution in [0.3, 0.4) is 0 Å². The molecule has 0 spiro atoms. The summed E-state index contributed by atoms with van der Waals surface area (Å²) < 4.78 is 21.3. The van der Waals surface area contributed by atoms with Crippen molar-refractivity contribution in [1.29, 1.82) is 0 Å². The molecule has 0 amide bonds. The standard InChI is InChI=1S/C30H40O6/c1-5-29(31)35-23-13-9-7-11-21-33-26(4)16-15-25(3)27-17-19-28(20-18-27)34-22-12-8-10-14-24-36-30(32)6-2/h5-6,15-20H,1-4,7-14,21-24H2/b16-15-. The third-order valence-corrected chi connectivity index (χ3v) is 5.15. The Morgan fingerprint density at radius 2 is 1.11 bits per heavy atom. The molecule has 0 aromatic heterocycles. The second-order valence-corrected chi connectivity index (χ2v) is 8.12. The number of carbonyl (C=O) groups is 2. The minimum atomic E-state index is -0.377. The lowest BCUT2D eigenvalue weighted by molar-refractivity contribution is -0.138. The van der Waals surface area contributed by atoms with Gasteiger partial charge in [-0.3, -0.25) is 0 Å². The average molecular weight is 497 g/mol. The van der Waals surface area contributed by atoms with Crippen molar-refractivity contribution in [3.8, 4) is 5.75 Å². The van der Waals surface area contributed by atoms with E-state index in [0.717, 1.165) is 68.3 Å². The molecular formula is C30H40O6. The zero-order valence-electron chi connectivity index (χ0n) is 21.4. The Balaban J connectivity index is 2.14. The molecule has 36 heavy (non-hydrogen) atoms. The predicted molar refractivity (Wildman–Crippen MR) is 144 cm³/mol. The van der Waals surface area contributed by atoms with Crippen LogP contribution in [0.5, 0.6) is 5.75 Å². The Morgan fingerprint density at radius 1 is 0.639 bits per heavy atom. The van der Waals surface area contributed by atoms with Gasteiger partial charge in [0, 0.05) is 12.2 Å². The Bertz CT molecular complexity index is 866. The van der Waals surface area contributed by atoms with Crippen molar-refractivity contribution in [2.24, 2.45) is 0 Å². The smallest absolute Gasteiger partial charge is 0.330 e. The minimum absolute atomic E-state index is 0.372. The quantitative estimate of drug-likeness (QED) is 0.0617. The molecule has 0 heterocycles. The second-order valence-electron chi connectivity index (χ2n) is 8.12. The highest BCUT2D eigenvalue weighted by molar-refractivity contribution is 5.81. The van der Waals surface area contributed by atoms with Crippen LogP contribution in [0.15, 0.2) is 80.6 Å². The van der Waals surface area contributed by atoms with Crippen LogP contribution in [0.4, 0.5) is 0 Å². The van der Waals surface area contributed by atoms with Crippen LogP contribution in [0, 0.1) is 0 Å². The van der Waals surface area contributed by atoms with Crippen LogP contribution < -0.4 is 4.74 Å². The Kier molecular flexibility index (Phi) is 16.7. The van der Waals surface area contributed by atoms with E-state index in [1.807, 2.05) is 36.4 Å². The van der Waals surface area contributed by atoms with Gasteiger partial charge in [0.25, 0.3) is 0 Å². The number of allylic oxidation sites excluding steroid dienone is 3. The van der Waals surface area contributed by atoms with Crippen molar-refractivity contribution >= 4 is 17.5 Å². The molecule has 0 aliphatic carbocycles. The number of unbranched alkanes of at least 4 members (excludes halogenated alkanes) is 6. The molecule has 1 aromatic rings. The largest absolute Gasteiger partial charge is 0.494 e. The molecule has 0 aliphatic heterocycles. The maximum atomic E-state index is 10.9. The number of rotatable bonds is 21. The fourth-order valence-corrected chi connectivity index (χ4v) is 3.08. The Labute approximate surface area is 216 Å². The van der Waals surface area contributed by atoms with E-state index in [-0.39, 0.29) is 11.9 Å². The third kappa shape index (κ3) is 15.4. The molecule has 1 rings (SSSR count). The number of carbonyl (C=O) groups excluding carboxylic acids is 2. The average Bonchev–Trinajstić information content (AvgIpc) is 2.90. The number of hydrogen-bond donors (Lipinski definition) is 0. The van der Waals surface area contributed by atoms with E-state index in [0.29, 0.717) is 32.2 Å². The molecule has 0 N–H and O–H groups in total. The maximum absolute atomic E-state index is 10.9. The van der Waals surface area contributed by atoms with Gasteiger partial charge in [0.2, 0.25) is 0 Å². The topological polar surface area (TPSA) is 71.1 Å². The highest BCUT2D eigenvalue weighted by Crippen LogP contribution is 2.19. The van der Waals surface area contributed by atoms with Gasteiger partial charge in [-0.15, -0.1) is 0 Å². The first-order chi connectivity index (χ1) is 17.5. The number of ether oxygens (including phenoxy) is 4. The van der Waals surface area contributed by atoms with Gasteiger partial charge in [0.15, 0.2) is 0 Å². The summed E-state index contributed by atoms with van der Waals surface area (Å²) >= 11 is 0. The molecule has 0 fully saturated rings. The fraction of sp³-hybridized carbons (Fsp3) is 0.400. The molecule has 0 saturated heterocycles. The zero-order valence-corrected chi connectivity index (χ0v) is 21.4. The third-order valence-electron chi connectivity index (χ3n) is 5.15. The van der Waals surface area contributed by atoms with Crippen LogP contribution in [-0.4, -0.2) is 38.4 Å². The first-order valence-electron chi connectivity index (χ1n) is 12.5. The monoisotopic (exact) mass is 496 g/mol. The summed E-state index contributed by atoms with van der Waals surface area (Å²) in [6.45, 7) is 16.9. The molecule has 0 unspecified atom stereocenters. The summed E-state index contributed by atoms with van der Waals surface area (Å²) in [5.74, 6) is 0.665. The zero-order chi connectivity index (χ0) is 26.4. The highest BCUT2D eigenvalue weighted by atomic mass is 16.5. The fourth-order valence-electron chi connectivity index (χ4n) is 3.08. The molecule has 1 aromatic carbocycles. The van der Waals surface area contributed by atoms with Gasteiger partial charge in [0.05, 0.1) is 26.4 Å². The molecule has 6 heteroatoms. The number of benzene rings is 1. The first-order valence-corrected chi connectivity index (χ1v) is 12.5. The van der Waals surface area contributed by atoms with Gasteiger partial charge in [-0.25, -0.2) is 9.59 Å². The summed E-state index contributed by atoms with van der Waals surface area (Å²) in [6, 6.07) is 7.83. The van der Waals surface area contributed by atoms with Crippen molar-refractivity contribution in [2.75, 3.05) is 26.4 Å². The van der Waals surface area contributed by atoms with Crippen molar-refractivity contribution in [1.82, 2.24) is 0 Å². The summed E-state index contributed by atoms with van der Waals surface area (Å²) in [4.78, 5) is 21.9. The molecule has 196 valence electrons. The summed E-state index contributed by atoms with van der Waals surface area (Å²) in [7, 11) is 0. The van der Waals surface area contributed by atoms with E-state index >= 15 is 0 Å². The number of hydrogen-bond acceptors (Lipinski definition) is 6. The lowest BCUT2D eigenvalue weighted by atomic mass is 10.1. The van der Waals surface area contributed by atoms with Gasteiger partial charge < -0.3 is 18.9 Å². The van der Waals surface area contributed by atoms with Gasteiger partial charge >= 0.3 is 11.9 Å². The highest BCUT2D eigenvalue weighted by Gasteiger charge is 2.00. The van der Waals surface area contributed by atoms with Crippen LogP contribution >= 0.6 is 0 Å². The van der Waals surface area contributed by atoms with E-state index < -0.39 is 0 Å². The van der Waals surface area contributed by atoms with Crippen LogP contribution in [0.2, 0.25) is 0 Å². The normalized spacial score (nSPS) is 10.4. The van der Waals surface area contributed by atoms with E-state index in [1.165, 1.54) is 12.2 Å². The Morgan fingerprint density at radius 3 is 1.61 bits per heavy atom. The summed E-state index contributed by atoms with van der Waals surface area (Å²) in [6.07, 6.45) is 13.6. The molecule has 0 bridgehead atoms. The summed E-state index contributed by atoms with van der Waals surface area (Å²) in [5.41, 5.74) is 1.86. The van der Waals surface area contributed by atoms with Crippen molar-refractivity contribution in [2.45, 2.75) is 51.4 Å². The van der Waals surface area contributed by atoms with Crippen molar-refractivity contribution in [3.05, 3.63) is 86.2 Å². The van der Waals surface area contributed by atoms with Crippen molar-refractivity contribution < 1.29 is 28.5 Å². The first kappa shape index (κ1) is 30.5. The van der Waals surface area contributed by atoms with E-state index in [1.54, 1.807) is 0 Å². The van der Waals surface area contributed by atoms with Crippen LogP contribution in [0.25, 0.3) is 5.57 Å². The van der Waals surface area contributed by atoms with Crippen LogP contribution in [0.1, 0.15) is 56.9 Å². The van der Waals surface area contributed by atoms with Gasteiger partial charge in [-0.1, -0.05) is 44.5 Å². The lowest BCUT2D eigenvalue weighted by Crippen LogP contribution is -2.02. The molecule has 0 saturated carbocycles. The van der Waals surface area contributed by atoms with E-state index in [4.69, 9.17) is 18.9 Å².